The number of hydrogen-bond acceptors (Lipinski definition) is 4. The van der Waals surface area contributed by atoms with E-state index >= 15 is 0 Å². The minimum absolute atomic E-state index is 0.0584. The van der Waals surface area contributed by atoms with Gasteiger partial charge < -0.3 is 4.74 Å². The maximum absolute atomic E-state index is 12.7. The Hall–Kier alpha value is -1.54. The molecule has 0 aliphatic carbocycles. The SMILES string of the molecule is Cc1nn(C(F)F)c(C)c1CC(=O)NO[C@@H]1CCCCO1. The first-order valence-corrected chi connectivity index (χ1v) is 6.88. The Bertz CT molecular complexity index is 499. The molecule has 1 N–H and O–H groups in total. The van der Waals surface area contributed by atoms with Gasteiger partial charge in [-0.3, -0.25) is 4.79 Å². The first kappa shape index (κ1) is 15.8. The van der Waals surface area contributed by atoms with Gasteiger partial charge in [0.2, 0.25) is 5.91 Å². The molecule has 1 saturated heterocycles. The number of carbonyl (C=O) groups excluding carboxylic acids is 1. The predicted octanol–water partition coefficient (Wildman–Crippen LogP) is 2.01. The van der Waals surface area contributed by atoms with E-state index in [-0.39, 0.29) is 12.1 Å². The number of ether oxygens (including phenoxy) is 1. The van der Waals surface area contributed by atoms with Crippen LogP contribution in [0.1, 0.15) is 42.8 Å². The second-order valence-corrected chi connectivity index (χ2v) is 4.99. The number of nitrogens with one attached hydrogen (secondary N) is 1. The second kappa shape index (κ2) is 6.95. The molecule has 8 heteroatoms. The molecule has 21 heavy (non-hydrogen) atoms. The third-order valence-electron chi connectivity index (χ3n) is 3.44. The van der Waals surface area contributed by atoms with Crippen LogP contribution in [0.3, 0.4) is 0 Å². The number of rotatable bonds is 5. The van der Waals surface area contributed by atoms with Gasteiger partial charge in [0, 0.05) is 24.3 Å². The van der Waals surface area contributed by atoms with Gasteiger partial charge in [-0.2, -0.15) is 13.9 Å². The monoisotopic (exact) mass is 303 g/mol. The van der Waals surface area contributed by atoms with Gasteiger partial charge in [0.15, 0.2) is 6.29 Å². The largest absolute Gasteiger partial charge is 0.350 e. The highest BCUT2D eigenvalue weighted by Gasteiger charge is 2.20. The summed E-state index contributed by atoms with van der Waals surface area (Å²) in [5.74, 6) is -0.413. The molecule has 1 atom stereocenters. The molecule has 6 nitrogen and oxygen atoms in total. The van der Waals surface area contributed by atoms with Gasteiger partial charge >= 0.3 is 6.55 Å². The van der Waals surface area contributed by atoms with Crippen LogP contribution in [0.15, 0.2) is 0 Å². The average molecular weight is 303 g/mol. The molecule has 0 aromatic carbocycles. The maximum Gasteiger partial charge on any atom is 0.333 e. The van der Waals surface area contributed by atoms with Crippen LogP contribution in [0.25, 0.3) is 0 Å². The van der Waals surface area contributed by atoms with Crippen LogP contribution < -0.4 is 5.48 Å². The molecule has 0 unspecified atom stereocenters. The maximum atomic E-state index is 12.7. The van der Waals surface area contributed by atoms with Gasteiger partial charge in [-0.15, -0.1) is 0 Å². The van der Waals surface area contributed by atoms with Gasteiger partial charge in [0.25, 0.3) is 0 Å². The van der Waals surface area contributed by atoms with Crippen LogP contribution in [0, 0.1) is 13.8 Å². The van der Waals surface area contributed by atoms with E-state index in [0.717, 1.165) is 19.3 Å². The van der Waals surface area contributed by atoms with Crippen molar-refractivity contribution in [2.24, 2.45) is 0 Å². The molecule has 118 valence electrons. The van der Waals surface area contributed by atoms with Crippen molar-refractivity contribution in [2.75, 3.05) is 6.61 Å². The molecule has 0 radical (unpaired) electrons. The van der Waals surface area contributed by atoms with Crippen LogP contribution in [0.4, 0.5) is 8.78 Å². The third-order valence-corrected chi connectivity index (χ3v) is 3.44. The van der Waals surface area contributed by atoms with Crippen molar-refractivity contribution in [1.82, 2.24) is 15.3 Å². The fraction of sp³-hybridized carbons (Fsp3) is 0.692. The average Bonchev–Trinajstić information content (AvgIpc) is 2.74. The zero-order chi connectivity index (χ0) is 15.4. The number of halogens is 2. The number of aromatic nitrogens is 2. The summed E-state index contributed by atoms with van der Waals surface area (Å²) in [4.78, 5) is 17.0. The highest BCUT2D eigenvalue weighted by atomic mass is 19.3. The molecule has 2 rings (SSSR count). The minimum atomic E-state index is -2.72. The van der Waals surface area contributed by atoms with E-state index in [1.165, 1.54) is 6.92 Å². The summed E-state index contributed by atoms with van der Waals surface area (Å²) in [6.07, 6.45) is 2.20. The highest BCUT2D eigenvalue weighted by Crippen LogP contribution is 2.19. The predicted molar refractivity (Wildman–Crippen MR) is 69.5 cm³/mol. The number of nitrogens with zero attached hydrogens (tertiary/aromatic N) is 2. The topological polar surface area (TPSA) is 65.4 Å². The van der Waals surface area contributed by atoms with Gasteiger partial charge in [-0.1, -0.05) is 0 Å². The van der Waals surface area contributed by atoms with Crippen molar-refractivity contribution in [3.63, 3.8) is 0 Å². The zero-order valence-corrected chi connectivity index (χ0v) is 12.1. The molecule has 0 bridgehead atoms. The Balaban J connectivity index is 1.90. The third kappa shape index (κ3) is 3.98. The molecular formula is C13H19F2N3O3. The molecule has 1 aromatic rings. The van der Waals surface area contributed by atoms with Gasteiger partial charge in [-0.05, 0) is 26.7 Å². The van der Waals surface area contributed by atoms with E-state index in [2.05, 4.69) is 10.6 Å². The lowest BCUT2D eigenvalue weighted by atomic mass is 10.1. The first-order valence-electron chi connectivity index (χ1n) is 6.88. The van der Waals surface area contributed by atoms with Crippen LogP contribution in [-0.4, -0.2) is 28.6 Å². The summed E-state index contributed by atoms with van der Waals surface area (Å²) < 4.78 is 31.3. The second-order valence-electron chi connectivity index (χ2n) is 4.99. The summed E-state index contributed by atoms with van der Waals surface area (Å²) in [7, 11) is 0. The van der Waals surface area contributed by atoms with Crippen LogP contribution >= 0.6 is 0 Å². The molecule has 2 heterocycles. The molecule has 0 saturated carbocycles. The fourth-order valence-corrected chi connectivity index (χ4v) is 2.28. The molecular weight excluding hydrogens is 284 g/mol. The van der Waals surface area contributed by atoms with Crippen LogP contribution in [0.5, 0.6) is 0 Å². The van der Waals surface area contributed by atoms with E-state index in [1.54, 1.807) is 6.92 Å². The number of hydroxylamine groups is 1. The normalized spacial score (nSPS) is 19.0. The first-order chi connectivity index (χ1) is 9.99. The van der Waals surface area contributed by atoms with Gasteiger partial charge in [0.05, 0.1) is 12.1 Å². The van der Waals surface area contributed by atoms with Crippen molar-refractivity contribution in [2.45, 2.75) is 52.4 Å². The molecule has 1 aliphatic rings. The smallest absolute Gasteiger partial charge is 0.333 e. The Morgan fingerprint density at radius 3 is 2.86 bits per heavy atom. The van der Waals surface area contributed by atoms with E-state index in [9.17, 15) is 13.6 Å². The Morgan fingerprint density at radius 2 is 2.29 bits per heavy atom. The van der Waals surface area contributed by atoms with Gasteiger partial charge in [-0.25, -0.2) is 15.0 Å². The van der Waals surface area contributed by atoms with E-state index in [0.29, 0.717) is 22.5 Å². The van der Waals surface area contributed by atoms with Gasteiger partial charge in [0.1, 0.15) is 0 Å². The summed E-state index contributed by atoms with van der Waals surface area (Å²) in [5, 5.41) is 3.73. The quantitative estimate of drug-likeness (QED) is 0.845. The Kier molecular flexibility index (Phi) is 5.24. The van der Waals surface area contributed by atoms with Crippen molar-refractivity contribution in [3.8, 4) is 0 Å². The fourth-order valence-electron chi connectivity index (χ4n) is 2.28. The van der Waals surface area contributed by atoms with E-state index in [4.69, 9.17) is 9.57 Å². The van der Waals surface area contributed by atoms with Crippen molar-refractivity contribution < 1.29 is 23.1 Å². The Morgan fingerprint density at radius 1 is 1.52 bits per heavy atom. The number of alkyl halides is 2. The van der Waals surface area contributed by atoms with E-state index in [1.807, 2.05) is 0 Å². The van der Waals surface area contributed by atoms with Crippen molar-refractivity contribution in [1.29, 1.82) is 0 Å². The lowest BCUT2D eigenvalue weighted by molar-refractivity contribution is -0.200. The number of aryl methyl sites for hydroxylation is 1. The number of carbonyl (C=O) groups is 1. The van der Waals surface area contributed by atoms with E-state index < -0.39 is 18.7 Å². The summed E-state index contributed by atoms with van der Waals surface area (Å²) in [6.45, 7) is 1.01. The molecule has 1 fully saturated rings. The Labute approximate surface area is 121 Å². The van der Waals surface area contributed by atoms with Crippen molar-refractivity contribution in [3.05, 3.63) is 17.0 Å². The number of amides is 1. The summed E-state index contributed by atoms with van der Waals surface area (Å²) in [6, 6.07) is 0. The molecule has 1 aliphatic heterocycles. The molecule has 0 spiro atoms. The summed E-state index contributed by atoms with van der Waals surface area (Å²) >= 11 is 0. The lowest BCUT2D eigenvalue weighted by Gasteiger charge is -2.22. The lowest BCUT2D eigenvalue weighted by Crippen LogP contribution is -2.34. The zero-order valence-electron chi connectivity index (χ0n) is 12.1. The van der Waals surface area contributed by atoms with Crippen molar-refractivity contribution >= 4 is 5.91 Å². The summed E-state index contributed by atoms with van der Waals surface area (Å²) in [5.41, 5.74) is 3.49. The minimum Gasteiger partial charge on any atom is -0.350 e. The number of hydrogen-bond donors (Lipinski definition) is 1. The molecule has 1 aromatic heterocycles. The van der Waals surface area contributed by atoms with Crippen LogP contribution in [0.2, 0.25) is 0 Å². The molecule has 1 amide bonds. The standard InChI is InChI=1S/C13H19F2N3O3/c1-8-10(9(2)18(16-8)13(14)15)7-11(19)17-21-12-5-3-4-6-20-12/h12-13H,3-7H2,1-2H3,(H,17,19)/t12-/m1/s1. The highest BCUT2D eigenvalue weighted by molar-refractivity contribution is 5.78. The van der Waals surface area contributed by atoms with Crippen LogP contribution in [-0.2, 0) is 20.8 Å².